The molecule has 0 fully saturated rings. The van der Waals surface area contributed by atoms with Crippen LogP contribution in [0.15, 0.2) is 63.7 Å². The summed E-state index contributed by atoms with van der Waals surface area (Å²) in [6, 6.07) is 13.2. The number of benzene rings is 1. The molecule has 0 unspecified atom stereocenters. The Labute approximate surface area is 170 Å². The monoisotopic (exact) mass is 411 g/mol. The van der Waals surface area contributed by atoms with Gasteiger partial charge >= 0.3 is 0 Å². The molecule has 0 saturated carbocycles. The molecule has 0 radical (unpaired) electrons. The van der Waals surface area contributed by atoms with Crippen LogP contribution in [0.3, 0.4) is 0 Å². The third kappa shape index (κ3) is 3.71. The molecule has 3 heterocycles. The first-order valence-electron chi connectivity index (χ1n) is 8.49. The van der Waals surface area contributed by atoms with E-state index in [1.54, 1.807) is 18.1 Å². The zero-order valence-corrected chi connectivity index (χ0v) is 16.9. The van der Waals surface area contributed by atoms with Crippen molar-refractivity contribution in [3.8, 4) is 11.6 Å². The van der Waals surface area contributed by atoms with Gasteiger partial charge in [0.2, 0.25) is 5.91 Å². The highest BCUT2D eigenvalue weighted by Crippen LogP contribution is 2.31. The fourth-order valence-electron chi connectivity index (χ4n) is 2.67. The molecule has 0 N–H and O–H groups in total. The van der Waals surface area contributed by atoms with E-state index in [1.165, 1.54) is 23.1 Å². The Morgan fingerprint density at radius 2 is 2.04 bits per heavy atom. The van der Waals surface area contributed by atoms with Crippen LogP contribution in [0.25, 0.3) is 11.6 Å². The number of hydrogen-bond acceptors (Lipinski definition) is 7. The molecule has 4 aromatic rings. The zero-order valence-electron chi connectivity index (χ0n) is 15.3. The number of para-hydroxylation sites is 1. The first-order valence-corrected chi connectivity index (χ1v) is 10.4. The number of thioether (sulfide) groups is 1. The Kier molecular flexibility index (Phi) is 5.27. The van der Waals surface area contributed by atoms with Crippen LogP contribution >= 0.6 is 23.1 Å². The summed E-state index contributed by atoms with van der Waals surface area (Å²) in [7, 11) is 1.90. The molecular formula is C19H17N5O2S2. The Bertz CT molecular complexity index is 1070. The molecule has 7 nitrogen and oxygen atoms in total. The fourth-order valence-corrected chi connectivity index (χ4v) is 4.46. The van der Waals surface area contributed by atoms with Gasteiger partial charge in [0.15, 0.2) is 21.9 Å². The Balaban J connectivity index is 1.49. The summed E-state index contributed by atoms with van der Waals surface area (Å²) in [4.78, 5) is 18.4. The van der Waals surface area contributed by atoms with Crippen LogP contribution < -0.4 is 4.90 Å². The van der Waals surface area contributed by atoms with Crippen molar-refractivity contribution in [2.45, 2.75) is 17.8 Å². The molecular weight excluding hydrogens is 394 g/mol. The van der Waals surface area contributed by atoms with Gasteiger partial charge in [-0.3, -0.25) is 9.69 Å². The van der Waals surface area contributed by atoms with Crippen LogP contribution in [0, 0.1) is 0 Å². The summed E-state index contributed by atoms with van der Waals surface area (Å²) in [6.07, 6.45) is 1.61. The number of furan rings is 1. The van der Waals surface area contributed by atoms with Crippen LogP contribution in [-0.4, -0.2) is 25.7 Å². The summed E-state index contributed by atoms with van der Waals surface area (Å²) in [5, 5.41) is 11.8. The Morgan fingerprint density at radius 1 is 1.21 bits per heavy atom. The maximum Gasteiger partial charge on any atom is 0.230 e. The first-order chi connectivity index (χ1) is 13.6. The molecule has 0 aliphatic heterocycles. The molecule has 0 aliphatic rings. The number of thiazole rings is 1. The van der Waals surface area contributed by atoms with E-state index in [0.29, 0.717) is 22.5 Å². The predicted octanol–water partition coefficient (Wildman–Crippen LogP) is 4.51. The quantitative estimate of drug-likeness (QED) is 0.435. The van der Waals surface area contributed by atoms with Gasteiger partial charge < -0.3 is 8.98 Å². The average Bonchev–Trinajstić information content (AvgIpc) is 3.43. The van der Waals surface area contributed by atoms with Gasteiger partial charge in [-0.15, -0.1) is 21.5 Å². The maximum atomic E-state index is 12.2. The second-order valence-electron chi connectivity index (χ2n) is 5.94. The predicted molar refractivity (Wildman–Crippen MR) is 110 cm³/mol. The van der Waals surface area contributed by atoms with E-state index in [0.717, 1.165) is 16.5 Å². The van der Waals surface area contributed by atoms with E-state index in [2.05, 4.69) is 15.2 Å². The minimum absolute atomic E-state index is 0.0730. The second-order valence-corrected chi connectivity index (χ2v) is 7.72. The first kappa shape index (κ1) is 18.5. The molecule has 0 bridgehead atoms. The van der Waals surface area contributed by atoms with E-state index in [4.69, 9.17) is 4.42 Å². The van der Waals surface area contributed by atoms with E-state index in [1.807, 2.05) is 59.5 Å². The Hall–Kier alpha value is -2.91. The van der Waals surface area contributed by atoms with Crippen LogP contribution in [0.4, 0.5) is 10.8 Å². The van der Waals surface area contributed by atoms with E-state index < -0.39 is 0 Å². The summed E-state index contributed by atoms with van der Waals surface area (Å²) >= 11 is 2.98. The minimum Gasteiger partial charge on any atom is -0.461 e. The van der Waals surface area contributed by atoms with Crippen molar-refractivity contribution in [1.29, 1.82) is 0 Å². The maximum absolute atomic E-state index is 12.2. The van der Waals surface area contributed by atoms with Crippen molar-refractivity contribution >= 4 is 39.8 Å². The molecule has 0 spiro atoms. The number of aromatic nitrogens is 4. The number of anilines is 2. The van der Waals surface area contributed by atoms with E-state index in [9.17, 15) is 4.79 Å². The number of rotatable bonds is 6. The zero-order chi connectivity index (χ0) is 19.5. The van der Waals surface area contributed by atoms with Gasteiger partial charge in [0.1, 0.15) is 0 Å². The smallest absolute Gasteiger partial charge is 0.230 e. The van der Waals surface area contributed by atoms with Gasteiger partial charge in [-0.1, -0.05) is 30.0 Å². The molecule has 3 aromatic heterocycles. The highest BCUT2D eigenvalue weighted by atomic mass is 32.2. The van der Waals surface area contributed by atoms with E-state index >= 15 is 0 Å². The largest absolute Gasteiger partial charge is 0.461 e. The number of hydrogen-bond donors (Lipinski definition) is 0. The number of amides is 1. The van der Waals surface area contributed by atoms with Crippen molar-refractivity contribution in [3.63, 3.8) is 0 Å². The lowest BCUT2D eigenvalue weighted by Crippen LogP contribution is -2.22. The van der Waals surface area contributed by atoms with Gasteiger partial charge in [-0.05, 0) is 24.3 Å². The van der Waals surface area contributed by atoms with Crippen molar-refractivity contribution in [2.75, 3.05) is 4.90 Å². The lowest BCUT2D eigenvalue weighted by atomic mass is 10.3. The van der Waals surface area contributed by atoms with Crippen molar-refractivity contribution < 1.29 is 9.21 Å². The molecule has 4 rings (SSSR count). The third-order valence-electron chi connectivity index (χ3n) is 3.99. The van der Waals surface area contributed by atoms with Crippen LogP contribution in [0.1, 0.15) is 12.6 Å². The summed E-state index contributed by atoms with van der Waals surface area (Å²) in [6.45, 7) is 1.54. The van der Waals surface area contributed by atoms with Crippen LogP contribution in [0.5, 0.6) is 0 Å². The molecule has 1 amide bonds. The number of carbonyl (C=O) groups excluding carboxylic acids is 1. The van der Waals surface area contributed by atoms with Crippen molar-refractivity contribution in [3.05, 3.63) is 59.8 Å². The second kappa shape index (κ2) is 7.99. The molecule has 28 heavy (non-hydrogen) atoms. The lowest BCUT2D eigenvalue weighted by molar-refractivity contribution is -0.115. The van der Waals surface area contributed by atoms with Gasteiger partial charge in [-0.25, -0.2) is 4.98 Å². The van der Waals surface area contributed by atoms with Gasteiger partial charge in [0.05, 0.1) is 17.6 Å². The number of carbonyl (C=O) groups is 1. The average molecular weight is 412 g/mol. The number of nitrogens with zero attached hydrogens (tertiary/aromatic N) is 5. The minimum atomic E-state index is -0.0730. The van der Waals surface area contributed by atoms with Gasteiger partial charge in [-0.2, -0.15) is 0 Å². The van der Waals surface area contributed by atoms with Gasteiger partial charge in [0.25, 0.3) is 0 Å². The van der Waals surface area contributed by atoms with Crippen molar-refractivity contribution in [2.24, 2.45) is 7.05 Å². The highest BCUT2D eigenvalue weighted by molar-refractivity contribution is 7.98. The molecule has 9 heteroatoms. The fraction of sp³-hybridized carbons (Fsp3) is 0.158. The lowest BCUT2D eigenvalue weighted by Gasteiger charge is -2.17. The summed E-state index contributed by atoms with van der Waals surface area (Å²) in [5.74, 6) is 1.91. The molecule has 0 aliphatic carbocycles. The SMILES string of the molecule is CC(=O)N(c1ccccc1)c1nc(CSc2nnc(-c3ccco3)n2C)cs1. The highest BCUT2D eigenvalue weighted by Gasteiger charge is 2.18. The molecule has 0 saturated heterocycles. The third-order valence-corrected chi connectivity index (χ3v) is 5.91. The summed E-state index contributed by atoms with van der Waals surface area (Å²) < 4.78 is 7.28. The topological polar surface area (TPSA) is 77.1 Å². The van der Waals surface area contributed by atoms with Gasteiger partial charge in [0, 0.05) is 25.1 Å². The molecule has 1 aromatic carbocycles. The molecule has 0 atom stereocenters. The van der Waals surface area contributed by atoms with Crippen LogP contribution in [0.2, 0.25) is 0 Å². The normalized spacial score (nSPS) is 10.9. The van der Waals surface area contributed by atoms with Crippen molar-refractivity contribution in [1.82, 2.24) is 19.7 Å². The Morgan fingerprint density at radius 3 is 2.75 bits per heavy atom. The van der Waals surface area contributed by atoms with Crippen LogP contribution in [-0.2, 0) is 17.6 Å². The standard InChI is InChI=1S/C19H17N5O2S2/c1-13(25)24(15-7-4-3-5-8-15)18-20-14(11-27-18)12-28-19-22-21-17(23(19)2)16-9-6-10-26-16/h3-11H,12H2,1-2H3. The summed E-state index contributed by atoms with van der Waals surface area (Å²) in [5.41, 5.74) is 1.69. The van der Waals surface area contributed by atoms with E-state index in [-0.39, 0.29) is 5.91 Å². The molecule has 142 valence electrons.